The van der Waals surface area contributed by atoms with Gasteiger partial charge in [-0.25, -0.2) is 0 Å². The van der Waals surface area contributed by atoms with Gasteiger partial charge in [-0.15, -0.1) is 5.73 Å². The van der Waals surface area contributed by atoms with Gasteiger partial charge in [0.2, 0.25) is 0 Å². The molecule has 0 aromatic heterocycles. The van der Waals surface area contributed by atoms with Crippen LogP contribution in [0.5, 0.6) is 0 Å². The zero-order valence-electron chi connectivity index (χ0n) is 14.5. The molecule has 2 nitrogen and oxygen atoms in total. The van der Waals surface area contributed by atoms with E-state index >= 15 is 0 Å². The number of hydrogen-bond acceptors (Lipinski definition) is 2. The van der Waals surface area contributed by atoms with Gasteiger partial charge in [0.1, 0.15) is 0 Å². The molecule has 1 heterocycles. The fraction of sp³-hybridized carbons (Fsp3) is 0.409. The van der Waals surface area contributed by atoms with Crippen LogP contribution in [0.25, 0.3) is 0 Å². The highest BCUT2D eigenvalue weighted by atomic mass is 16.3. The number of anilines is 1. The minimum absolute atomic E-state index is 0.354. The molecule has 1 unspecified atom stereocenters. The normalized spacial score (nSPS) is 19.2. The number of allylic oxidation sites excluding steroid dienone is 5. The molecule has 126 valence electrons. The van der Waals surface area contributed by atoms with Gasteiger partial charge >= 0.3 is 0 Å². The lowest BCUT2D eigenvalue weighted by atomic mass is 9.88. The smallest absolute Gasteiger partial charge is 0.0810 e. The molecule has 1 N–H and O–H groups in total. The molecule has 0 saturated carbocycles. The number of hydrogen-bond donors (Lipinski definition) is 1. The average molecular weight is 321 g/mol. The van der Waals surface area contributed by atoms with Crippen LogP contribution < -0.4 is 4.90 Å². The van der Waals surface area contributed by atoms with Gasteiger partial charge in [0, 0.05) is 24.3 Å². The summed E-state index contributed by atoms with van der Waals surface area (Å²) < 4.78 is 0. The number of para-hydroxylation sites is 1. The van der Waals surface area contributed by atoms with Crippen LogP contribution >= 0.6 is 0 Å². The Morgan fingerprint density at radius 3 is 2.79 bits per heavy atom. The van der Waals surface area contributed by atoms with E-state index in [1.165, 1.54) is 11.3 Å². The first kappa shape index (κ1) is 16.8. The maximum absolute atomic E-state index is 10.5. The molecule has 2 aliphatic rings. The first-order valence-corrected chi connectivity index (χ1v) is 9.11. The summed E-state index contributed by atoms with van der Waals surface area (Å²) in [7, 11) is 0. The fourth-order valence-corrected chi connectivity index (χ4v) is 3.68. The van der Waals surface area contributed by atoms with Gasteiger partial charge in [-0.05, 0) is 49.0 Å². The predicted octanol–water partition coefficient (Wildman–Crippen LogP) is 4.94. The highest BCUT2D eigenvalue weighted by Gasteiger charge is 2.23. The summed E-state index contributed by atoms with van der Waals surface area (Å²) in [6.07, 6.45) is 14.2. The average Bonchev–Trinajstić information content (AvgIpc) is 2.91. The summed E-state index contributed by atoms with van der Waals surface area (Å²) >= 11 is 0. The van der Waals surface area contributed by atoms with Gasteiger partial charge in [0.25, 0.3) is 0 Å². The lowest BCUT2D eigenvalue weighted by Crippen LogP contribution is -2.34. The summed E-state index contributed by atoms with van der Waals surface area (Å²) in [6.45, 7) is 4.21. The van der Waals surface area contributed by atoms with Crippen molar-refractivity contribution in [3.63, 3.8) is 0 Å². The maximum Gasteiger partial charge on any atom is 0.0810 e. The summed E-state index contributed by atoms with van der Waals surface area (Å²) in [4.78, 5) is 2.44. The molecule has 2 heteroatoms. The topological polar surface area (TPSA) is 23.5 Å². The molecule has 1 aromatic rings. The first-order chi connectivity index (χ1) is 11.8. The highest BCUT2D eigenvalue weighted by molar-refractivity contribution is 5.55. The van der Waals surface area contributed by atoms with Crippen LogP contribution in [0.1, 0.15) is 44.3 Å². The zero-order chi connectivity index (χ0) is 16.8. The third-order valence-electron chi connectivity index (χ3n) is 5.02. The van der Waals surface area contributed by atoms with Gasteiger partial charge in [-0.3, -0.25) is 0 Å². The van der Waals surface area contributed by atoms with E-state index in [2.05, 4.69) is 54.0 Å². The van der Waals surface area contributed by atoms with E-state index < -0.39 is 0 Å². The molecule has 1 aromatic carbocycles. The van der Waals surface area contributed by atoms with E-state index in [1.807, 2.05) is 18.2 Å². The van der Waals surface area contributed by atoms with Crippen LogP contribution in [-0.2, 0) is 0 Å². The van der Waals surface area contributed by atoms with Crippen LogP contribution in [0.2, 0.25) is 0 Å². The second-order valence-electron chi connectivity index (χ2n) is 6.65. The van der Waals surface area contributed by atoms with Crippen molar-refractivity contribution in [2.75, 3.05) is 18.0 Å². The quantitative estimate of drug-likeness (QED) is 0.776. The molecular formula is C22H27NO. The van der Waals surface area contributed by atoms with Crippen molar-refractivity contribution < 1.29 is 5.11 Å². The van der Waals surface area contributed by atoms with Crippen molar-refractivity contribution in [3.8, 4) is 0 Å². The number of benzene rings is 1. The van der Waals surface area contributed by atoms with Gasteiger partial charge in [-0.1, -0.05) is 49.8 Å². The maximum atomic E-state index is 10.5. The van der Waals surface area contributed by atoms with Crippen molar-refractivity contribution >= 4 is 5.69 Å². The van der Waals surface area contributed by atoms with Crippen LogP contribution in [0.3, 0.4) is 0 Å². The Morgan fingerprint density at radius 2 is 2.00 bits per heavy atom. The Labute approximate surface area is 145 Å². The molecule has 3 rings (SSSR count). The Balaban J connectivity index is 1.69. The minimum Gasteiger partial charge on any atom is -0.388 e. The van der Waals surface area contributed by atoms with Gasteiger partial charge in [-0.2, -0.15) is 0 Å². The Kier molecular flexibility index (Phi) is 5.74. The number of rotatable bonds is 5. The van der Waals surface area contributed by atoms with Crippen molar-refractivity contribution in [3.05, 3.63) is 71.5 Å². The van der Waals surface area contributed by atoms with Gasteiger partial charge in [0.15, 0.2) is 0 Å². The van der Waals surface area contributed by atoms with Gasteiger partial charge in [0.05, 0.1) is 6.10 Å². The molecule has 1 fully saturated rings. The van der Waals surface area contributed by atoms with E-state index in [0.717, 1.165) is 44.3 Å². The van der Waals surface area contributed by atoms with E-state index in [-0.39, 0.29) is 6.10 Å². The first-order valence-electron chi connectivity index (χ1n) is 9.11. The van der Waals surface area contributed by atoms with E-state index in [9.17, 15) is 5.11 Å². The number of aliphatic hydroxyl groups excluding tert-OH is 1. The molecular weight excluding hydrogens is 294 g/mol. The Bertz CT molecular complexity index is 671. The number of nitrogens with zero attached hydrogens (tertiary/aromatic N) is 1. The molecule has 0 spiro atoms. The van der Waals surface area contributed by atoms with Crippen LogP contribution in [0.15, 0.2) is 65.9 Å². The van der Waals surface area contributed by atoms with Crippen molar-refractivity contribution in [1.82, 2.24) is 0 Å². The second kappa shape index (κ2) is 8.19. The van der Waals surface area contributed by atoms with E-state index in [1.54, 1.807) is 0 Å². The Morgan fingerprint density at radius 1 is 1.21 bits per heavy atom. The molecule has 1 aliphatic heterocycles. The van der Waals surface area contributed by atoms with E-state index in [4.69, 9.17) is 0 Å². The highest BCUT2D eigenvalue weighted by Crippen LogP contribution is 2.33. The third kappa shape index (κ3) is 3.90. The molecule has 1 atom stereocenters. The lowest BCUT2D eigenvalue weighted by molar-refractivity contribution is 0.166. The molecule has 1 aliphatic carbocycles. The van der Waals surface area contributed by atoms with Crippen molar-refractivity contribution in [2.45, 2.75) is 38.7 Å². The van der Waals surface area contributed by atoms with E-state index in [0.29, 0.717) is 5.92 Å². The number of piperidine rings is 1. The molecule has 0 bridgehead atoms. The van der Waals surface area contributed by atoms with Gasteiger partial charge < -0.3 is 10.0 Å². The number of aliphatic hydroxyl groups is 1. The largest absolute Gasteiger partial charge is 0.388 e. The summed E-state index contributed by atoms with van der Waals surface area (Å²) in [5.74, 6) is 0.620. The fourth-order valence-electron chi connectivity index (χ4n) is 3.68. The van der Waals surface area contributed by atoms with Crippen LogP contribution in [0.4, 0.5) is 5.69 Å². The molecule has 0 radical (unpaired) electrons. The third-order valence-corrected chi connectivity index (χ3v) is 5.02. The SMILES string of the molecule is CCCC(O)c1ccccc1N1CCC(C2=CC=C=CC=C2)CC1. The van der Waals surface area contributed by atoms with Crippen molar-refractivity contribution in [1.29, 1.82) is 0 Å². The minimum atomic E-state index is -0.354. The predicted molar refractivity (Wildman–Crippen MR) is 101 cm³/mol. The molecule has 0 amide bonds. The Hall–Kier alpha value is -2.02. The van der Waals surface area contributed by atoms with Crippen LogP contribution in [0, 0.1) is 5.92 Å². The lowest BCUT2D eigenvalue weighted by Gasteiger charge is -2.36. The zero-order valence-corrected chi connectivity index (χ0v) is 14.5. The molecule has 1 saturated heterocycles. The summed E-state index contributed by atoms with van der Waals surface area (Å²) in [5.41, 5.74) is 6.84. The standard InChI is InChI=1S/C22H27NO/c1-2-9-22(24)20-12-7-8-13-21(20)23-16-14-19(15-17-23)18-10-5-3-4-6-11-18/h3,5-8,10-13,19,22,24H,2,9,14-17H2,1H3. The second-order valence-corrected chi connectivity index (χ2v) is 6.65. The van der Waals surface area contributed by atoms with Crippen LogP contribution in [-0.4, -0.2) is 18.2 Å². The monoisotopic (exact) mass is 321 g/mol. The molecule has 24 heavy (non-hydrogen) atoms. The van der Waals surface area contributed by atoms with Crippen molar-refractivity contribution in [2.24, 2.45) is 5.92 Å². The summed E-state index contributed by atoms with van der Waals surface area (Å²) in [6, 6.07) is 8.35. The summed E-state index contributed by atoms with van der Waals surface area (Å²) in [5, 5.41) is 10.5.